The largest absolute Gasteiger partial charge is 0.488 e. The molecule has 1 amide bonds. The van der Waals surface area contributed by atoms with Gasteiger partial charge in [0.15, 0.2) is 0 Å². The zero-order valence-corrected chi connectivity index (χ0v) is 18.3. The topological polar surface area (TPSA) is 105 Å². The molecule has 1 aliphatic carbocycles. The lowest BCUT2D eigenvalue weighted by molar-refractivity contribution is -0.384. The molecule has 1 aliphatic rings. The molecule has 7 nitrogen and oxygen atoms in total. The third-order valence-corrected chi connectivity index (χ3v) is 5.68. The number of halogens is 1. The summed E-state index contributed by atoms with van der Waals surface area (Å²) in [4.78, 5) is 22.8. The first-order valence-electron chi connectivity index (χ1n) is 9.54. The highest BCUT2D eigenvalue weighted by molar-refractivity contribution is 14.1. The van der Waals surface area contributed by atoms with Crippen LogP contribution in [0, 0.1) is 25.0 Å². The summed E-state index contributed by atoms with van der Waals surface area (Å²) in [6.45, 7) is 0.195. The molecule has 1 fully saturated rings. The Balaban J connectivity index is 1.67. The lowest BCUT2D eigenvalue weighted by Crippen LogP contribution is -2.33. The third kappa shape index (κ3) is 5.79. The van der Waals surface area contributed by atoms with E-state index in [0.717, 1.165) is 34.8 Å². The zero-order chi connectivity index (χ0) is 21.5. The van der Waals surface area contributed by atoms with E-state index in [1.165, 1.54) is 12.1 Å². The summed E-state index contributed by atoms with van der Waals surface area (Å²) in [5.74, 6) is 0.276. The molecule has 1 N–H and O–H groups in total. The number of ether oxygens (including phenoxy) is 1. The Bertz CT molecular complexity index is 1020. The first kappa shape index (κ1) is 21.8. The molecule has 0 atom stereocenters. The lowest BCUT2D eigenvalue weighted by Gasteiger charge is -2.11. The number of carbonyl (C=O) groups is 1. The SMILES string of the molecule is N#C/C(=C/c1ccc(OCc2cccc([N+](=O)[O-])c2)c(I)c1)C(=O)NC1CCCC1. The van der Waals surface area contributed by atoms with Crippen molar-refractivity contribution in [2.45, 2.75) is 38.3 Å². The molecule has 0 unspecified atom stereocenters. The van der Waals surface area contributed by atoms with Crippen molar-refractivity contribution >= 4 is 40.3 Å². The smallest absolute Gasteiger partial charge is 0.269 e. The number of carbonyl (C=O) groups excluding carboxylic acids is 1. The van der Waals surface area contributed by atoms with Gasteiger partial charge >= 0.3 is 0 Å². The van der Waals surface area contributed by atoms with E-state index in [-0.39, 0.29) is 29.8 Å². The summed E-state index contributed by atoms with van der Waals surface area (Å²) < 4.78 is 6.59. The van der Waals surface area contributed by atoms with Crippen molar-refractivity contribution in [2.75, 3.05) is 0 Å². The van der Waals surface area contributed by atoms with E-state index in [0.29, 0.717) is 11.3 Å². The van der Waals surface area contributed by atoms with Crippen LogP contribution in [0.5, 0.6) is 5.75 Å². The van der Waals surface area contributed by atoms with Gasteiger partial charge in [-0.3, -0.25) is 14.9 Å². The maximum atomic E-state index is 12.3. The number of non-ortho nitro benzene ring substituents is 1. The minimum absolute atomic E-state index is 0.0196. The molecular formula is C22H20IN3O4. The highest BCUT2D eigenvalue weighted by Gasteiger charge is 2.19. The van der Waals surface area contributed by atoms with Gasteiger partial charge in [0.05, 0.1) is 8.49 Å². The summed E-state index contributed by atoms with van der Waals surface area (Å²) in [6, 6.07) is 13.8. The second-order valence-electron chi connectivity index (χ2n) is 7.03. The van der Waals surface area contributed by atoms with Gasteiger partial charge in [-0.2, -0.15) is 5.26 Å². The first-order valence-corrected chi connectivity index (χ1v) is 10.6. The van der Waals surface area contributed by atoms with Crippen LogP contribution in [-0.2, 0) is 11.4 Å². The Kier molecular flexibility index (Phi) is 7.41. The van der Waals surface area contributed by atoms with Crippen molar-refractivity contribution in [3.8, 4) is 11.8 Å². The van der Waals surface area contributed by atoms with E-state index in [1.807, 2.05) is 12.1 Å². The van der Waals surface area contributed by atoms with Crippen molar-refractivity contribution < 1.29 is 14.5 Å². The molecule has 0 aliphatic heterocycles. The number of amides is 1. The highest BCUT2D eigenvalue weighted by atomic mass is 127. The Morgan fingerprint density at radius 3 is 2.73 bits per heavy atom. The molecule has 0 bridgehead atoms. The molecular weight excluding hydrogens is 497 g/mol. The van der Waals surface area contributed by atoms with Gasteiger partial charge in [-0.15, -0.1) is 0 Å². The van der Waals surface area contributed by atoms with Gasteiger partial charge in [0.2, 0.25) is 0 Å². The second-order valence-corrected chi connectivity index (χ2v) is 8.19. The van der Waals surface area contributed by atoms with Crippen LogP contribution in [0.25, 0.3) is 6.08 Å². The fourth-order valence-electron chi connectivity index (χ4n) is 3.29. The molecule has 1 saturated carbocycles. The van der Waals surface area contributed by atoms with Crippen molar-refractivity contribution in [1.29, 1.82) is 5.26 Å². The summed E-state index contributed by atoms with van der Waals surface area (Å²) in [5.41, 5.74) is 1.51. The predicted octanol–water partition coefficient (Wildman–Crippen LogP) is 4.74. The minimum atomic E-state index is -0.440. The molecule has 8 heteroatoms. The monoisotopic (exact) mass is 517 g/mol. The number of nitro groups is 1. The van der Waals surface area contributed by atoms with Crippen LogP contribution in [0.2, 0.25) is 0 Å². The Morgan fingerprint density at radius 1 is 1.30 bits per heavy atom. The number of nitriles is 1. The van der Waals surface area contributed by atoms with Crippen molar-refractivity contribution in [2.24, 2.45) is 0 Å². The van der Waals surface area contributed by atoms with Gasteiger partial charge < -0.3 is 10.1 Å². The number of hydrogen-bond acceptors (Lipinski definition) is 5. The van der Waals surface area contributed by atoms with Crippen LogP contribution >= 0.6 is 22.6 Å². The quantitative estimate of drug-likeness (QED) is 0.188. The summed E-state index contributed by atoms with van der Waals surface area (Å²) in [5, 5.41) is 23.2. The van der Waals surface area contributed by atoms with Crippen LogP contribution in [0.1, 0.15) is 36.8 Å². The van der Waals surface area contributed by atoms with E-state index in [2.05, 4.69) is 27.9 Å². The van der Waals surface area contributed by atoms with Crippen LogP contribution in [0.15, 0.2) is 48.0 Å². The molecule has 30 heavy (non-hydrogen) atoms. The number of nitrogens with one attached hydrogen (secondary N) is 1. The Labute approximate surface area is 188 Å². The predicted molar refractivity (Wildman–Crippen MR) is 121 cm³/mol. The van der Waals surface area contributed by atoms with Crippen molar-refractivity contribution in [3.63, 3.8) is 0 Å². The zero-order valence-electron chi connectivity index (χ0n) is 16.1. The number of benzene rings is 2. The fraction of sp³-hybridized carbons (Fsp3) is 0.273. The van der Waals surface area contributed by atoms with E-state index in [4.69, 9.17) is 4.74 Å². The van der Waals surface area contributed by atoms with Crippen LogP contribution in [0.4, 0.5) is 5.69 Å². The van der Waals surface area contributed by atoms with Gasteiger partial charge in [-0.1, -0.05) is 31.0 Å². The molecule has 0 heterocycles. The summed E-state index contributed by atoms with van der Waals surface area (Å²) in [6.07, 6.45) is 5.69. The number of rotatable bonds is 7. The van der Waals surface area contributed by atoms with Crippen LogP contribution < -0.4 is 10.1 Å². The fourth-order valence-corrected chi connectivity index (χ4v) is 3.99. The molecule has 0 spiro atoms. The Hall–Kier alpha value is -2.93. The minimum Gasteiger partial charge on any atom is -0.488 e. The van der Waals surface area contributed by atoms with E-state index < -0.39 is 4.92 Å². The maximum absolute atomic E-state index is 12.3. The third-order valence-electron chi connectivity index (χ3n) is 4.84. The van der Waals surface area contributed by atoms with E-state index in [1.54, 1.807) is 30.3 Å². The standard InChI is InChI=1S/C22H20IN3O4/c23-20-12-15(10-17(13-24)22(27)25-18-5-1-2-6-18)8-9-21(20)30-14-16-4-3-7-19(11-16)26(28)29/h3-4,7-12,18H,1-2,5-6,14H2,(H,25,27)/b17-10-. The van der Waals surface area contributed by atoms with Crippen LogP contribution in [-0.4, -0.2) is 16.9 Å². The second kappa shape index (κ2) is 10.2. The summed E-state index contributed by atoms with van der Waals surface area (Å²) >= 11 is 2.12. The average molecular weight is 517 g/mol. The number of nitrogens with zero attached hydrogens (tertiary/aromatic N) is 2. The van der Waals surface area contributed by atoms with Crippen LogP contribution in [0.3, 0.4) is 0 Å². The molecule has 0 aromatic heterocycles. The normalized spacial score (nSPS) is 14.2. The lowest BCUT2D eigenvalue weighted by atomic mass is 10.1. The number of nitro benzene ring substituents is 1. The molecule has 2 aromatic rings. The van der Waals surface area contributed by atoms with E-state index in [9.17, 15) is 20.2 Å². The first-order chi connectivity index (χ1) is 14.5. The van der Waals surface area contributed by atoms with Gasteiger partial charge in [-0.05, 0) is 64.8 Å². The summed E-state index contributed by atoms with van der Waals surface area (Å²) in [7, 11) is 0. The van der Waals surface area contributed by atoms with Crippen molar-refractivity contribution in [1.82, 2.24) is 5.32 Å². The molecule has 0 radical (unpaired) electrons. The molecule has 2 aromatic carbocycles. The van der Waals surface area contributed by atoms with Gasteiger partial charge in [-0.25, -0.2) is 0 Å². The Morgan fingerprint density at radius 2 is 2.07 bits per heavy atom. The van der Waals surface area contributed by atoms with Gasteiger partial charge in [0, 0.05) is 18.2 Å². The average Bonchev–Trinajstić information content (AvgIpc) is 3.24. The van der Waals surface area contributed by atoms with Gasteiger partial charge in [0.1, 0.15) is 24.0 Å². The van der Waals surface area contributed by atoms with Crippen molar-refractivity contribution in [3.05, 3.63) is 72.8 Å². The van der Waals surface area contributed by atoms with E-state index >= 15 is 0 Å². The highest BCUT2D eigenvalue weighted by Crippen LogP contribution is 2.25. The van der Waals surface area contributed by atoms with Gasteiger partial charge in [0.25, 0.3) is 11.6 Å². The molecule has 0 saturated heterocycles. The molecule has 154 valence electrons. The molecule has 3 rings (SSSR count). The maximum Gasteiger partial charge on any atom is 0.269 e. The number of hydrogen-bond donors (Lipinski definition) is 1.